The van der Waals surface area contributed by atoms with Gasteiger partial charge in [-0.2, -0.15) is 0 Å². The first-order valence-corrected chi connectivity index (χ1v) is 6.54. The highest BCUT2D eigenvalue weighted by molar-refractivity contribution is 4.91. The lowest BCUT2D eigenvalue weighted by Gasteiger charge is -2.33. The zero-order valence-electron chi connectivity index (χ0n) is 10.2. The fourth-order valence-corrected chi connectivity index (χ4v) is 2.32. The molecule has 0 amide bonds. The summed E-state index contributed by atoms with van der Waals surface area (Å²) < 4.78 is 5.55. The molecule has 1 saturated carbocycles. The van der Waals surface area contributed by atoms with Crippen molar-refractivity contribution in [2.24, 2.45) is 5.92 Å². The average molecular weight is 224 g/mol. The summed E-state index contributed by atoms with van der Waals surface area (Å²) in [5.74, 6) is 0.962. The van der Waals surface area contributed by atoms with Crippen LogP contribution in [-0.2, 0) is 4.74 Å². The van der Waals surface area contributed by atoms with Gasteiger partial charge in [0.15, 0.2) is 0 Å². The molecular formula is C13H24N2O. The summed E-state index contributed by atoms with van der Waals surface area (Å²) in [4.78, 5) is 2.54. The highest BCUT2D eigenvalue weighted by atomic mass is 16.5. The maximum Gasteiger partial charge on any atom is 0.0593 e. The van der Waals surface area contributed by atoms with Crippen LogP contribution in [0.1, 0.15) is 19.3 Å². The van der Waals surface area contributed by atoms with Gasteiger partial charge in [0.2, 0.25) is 0 Å². The van der Waals surface area contributed by atoms with Gasteiger partial charge in [0.25, 0.3) is 0 Å². The number of hydrogen-bond donors (Lipinski definition) is 1. The third-order valence-corrected chi connectivity index (χ3v) is 3.50. The average Bonchev–Trinajstić information content (AvgIpc) is 3.13. The molecule has 0 aromatic carbocycles. The van der Waals surface area contributed by atoms with Crippen molar-refractivity contribution in [1.29, 1.82) is 0 Å². The highest BCUT2D eigenvalue weighted by Gasteiger charge is 2.33. The molecule has 2 rings (SSSR count). The Morgan fingerprint density at radius 3 is 3.00 bits per heavy atom. The second-order valence-electron chi connectivity index (χ2n) is 4.89. The van der Waals surface area contributed by atoms with E-state index in [-0.39, 0.29) is 0 Å². The van der Waals surface area contributed by atoms with E-state index < -0.39 is 0 Å². The van der Waals surface area contributed by atoms with Gasteiger partial charge < -0.3 is 10.1 Å². The maximum atomic E-state index is 5.55. The molecule has 1 aliphatic heterocycles. The smallest absolute Gasteiger partial charge is 0.0593 e. The van der Waals surface area contributed by atoms with Crippen LogP contribution in [-0.4, -0.2) is 50.3 Å². The number of nitrogens with zero attached hydrogens (tertiary/aromatic N) is 1. The van der Waals surface area contributed by atoms with E-state index in [9.17, 15) is 0 Å². The van der Waals surface area contributed by atoms with Crippen LogP contribution >= 0.6 is 0 Å². The van der Waals surface area contributed by atoms with Gasteiger partial charge in [0, 0.05) is 32.2 Å². The first-order valence-electron chi connectivity index (χ1n) is 6.54. The second kappa shape index (κ2) is 6.38. The molecular weight excluding hydrogens is 200 g/mol. The Morgan fingerprint density at radius 1 is 1.38 bits per heavy atom. The first-order chi connectivity index (χ1) is 7.90. The number of hydrogen-bond acceptors (Lipinski definition) is 3. The quantitative estimate of drug-likeness (QED) is 0.520. The third kappa shape index (κ3) is 3.89. The van der Waals surface area contributed by atoms with Crippen LogP contribution in [0.5, 0.6) is 0 Å². The molecule has 0 spiro atoms. The van der Waals surface area contributed by atoms with Gasteiger partial charge in [-0.15, -0.1) is 6.58 Å². The molecule has 1 heterocycles. The molecule has 1 saturated heterocycles. The number of piperazine rings is 1. The lowest BCUT2D eigenvalue weighted by molar-refractivity contribution is 0.0921. The SMILES string of the molecule is C=CCCOCCN1CCNC(C2CC2)C1. The van der Waals surface area contributed by atoms with Gasteiger partial charge in [-0.05, 0) is 25.2 Å². The Bertz CT molecular complexity index is 216. The standard InChI is InChI=1S/C13H24N2O/c1-2-3-9-16-10-8-15-7-6-14-13(11-15)12-4-5-12/h2,12-14H,1,3-11H2. The van der Waals surface area contributed by atoms with Crippen molar-refractivity contribution in [2.45, 2.75) is 25.3 Å². The normalized spacial score (nSPS) is 26.9. The molecule has 3 heteroatoms. The van der Waals surface area contributed by atoms with Crippen molar-refractivity contribution in [3.05, 3.63) is 12.7 Å². The Balaban J connectivity index is 1.56. The largest absolute Gasteiger partial charge is 0.380 e. The third-order valence-electron chi connectivity index (χ3n) is 3.50. The summed E-state index contributed by atoms with van der Waals surface area (Å²) >= 11 is 0. The van der Waals surface area contributed by atoms with E-state index in [1.165, 1.54) is 25.9 Å². The summed E-state index contributed by atoms with van der Waals surface area (Å²) in [7, 11) is 0. The Kier molecular flexibility index (Phi) is 4.82. The van der Waals surface area contributed by atoms with E-state index in [4.69, 9.17) is 4.74 Å². The van der Waals surface area contributed by atoms with Crippen molar-refractivity contribution in [2.75, 3.05) is 39.4 Å². The molecule has 1 aliphatic carbocycles. The topological polar surface area (TPSA) is 24.5 Å². The van der Waals surface area contributed by atoms with Crippen molar-refractivity contribution < 1.29 is 4.74 Å². The first kappa shape index (κ1) is 12.1. The Labute approximate surface area is 98.8 Å². The number of ether oxygens (including phenoxy) is 1. The second-order valence-corrected chi connectivity index (χ2v) is 4.89. The molecule has 0 bridgehead atoms. The molecule has 0 aromatic rings. The fourth-order valence-electron chi connectivity index (χ4n) is 2.32. The fraction of sp³-hybridized carbons (Fsp3) is 0.846. The number of rotatable bonds is 7. The summed E-state index contributed by atoms with van der Waals surface area (Å²) in [6, 6.07) is 0.752. The summed E-state index contributed by atoms with van der Waals surface area (Å²) in [6.07, 6.45) is 5.74. The summed E-state index contributed by atoms with van der Waals surface area (Å²) in [5, 5.41) is 3.63. The van der Waals surface area contributed by atoms with Gasteiger partial charge in [-0.1, -0.05) is 6.08 Å². The lowest BCUT2D eigenvalue weighted by Crippen LogP contribution is -2.52. The van der Waals surface area contributed by atoms with Crippen LogP contribution in [0.25, 0.3) is 0 Å². The van der Waals surface area contributed by atoms with Gasteiger partial charge in [-0.25, -0.2) is 0 Å². The molecule has 2 fully saturated rings. The van der Waals surface area contributed by atoms with Crippen molar-refractivity contribution in [3.8, 4) is 0 Å². The minimum Gasteiger partial charge on any atom is -0.380 e. The number of nitrogens with one attached hydrogen (secondary N) is 1. The van der Waals surface area contributed by atoms with E-state index in [2.05, 4.69) is 16.8 Å². The highest BCUT2D eigenvalue weighted by Crippen LogP contribution is 2.33. The molecule has 16 heavy (non-hydrogen) atoms. The van der Waals surface area contributed by atoms with E-state index in [0.29, 0.717) is 0 Å². The van der Waals surface area contributed by atoms with Crippen molar-refractivity contribution >= 4 is 0 Å². The van der Waals surface area contributed by atoms with E-state index in [0.717, 1.165) is 44.7 Å². The summed E-state index contributed by atoms with van der Waals surface area (Å²) in [6.45, 7) is 10.00. The van der Waals surface area contributed by atoms with Gasteiger partial charge >= 0.3 is 0 Å². The van der Waals surface area contributed by atoms with Gasteiger partial charge in [-0.3, -0.25) is 4.90 Å². The van der Waals surface area contributed by atoms with E-state index >= 15 is 0 Å². The Hall–Kier alpha value is -0.380. The summed E-state index contributed by atoms with van der Waals surface area (Å²) in [5.41, 5.74) is 0. The predicted molar refractivity (Wildman–Crippen MR) is 66.6 cm³/mol. The predicted octanol–water partition coefficient (Wildman–Crippen LogP) is 1.26. The van der Waals surface area contributed by atoms with Gasteiger partial charge in [0.1, 0.15) is 0 Å². The molecule has 3 nitrogen and oxygen atoms in total. The molecule has 92 valence electrons. The molecule has 1 unspecified atom stereocenters. The minimum atomic E-state index is 0.752. The lowest BCUT2D eigenvalue weighted by atomic mass is 10.1. The molecule has 1 N–H and O–H groups in total. The van der Waals surface area contributed by atoms with E-state index in [1.807, 2.05) is 6.08 Å². The van der Waals surface area contributed by atoms with Gasteiger partial charge in [0.05, 0.1) is 13.2 Å². The van der Waals surface area contributed by atoms with Crippen LogP contribution in [0.15, 0.2) is 12.7 Å². The van der Waals surface area contributed by atoms with Crippen LogP contribution in [0.4, 0.5) is 0 Å². The van der Waals surface area contributed by atoms with Crippen LogP contribution < -0.4 is 5.32 Å². The zero-order valence-corrected chi connectivity index (χ0v) is 10.2. The van der Waals surface area contributed by atoms with Crippen LogP contribution in [0, 0.1) is 5.92 Å². The molecule has 0 aromatic heterocycles. The minimum absolute atomic E-state index is 0.752. The molecule has 1 atom stereocenters. The maximum absolute atomic E-state index is 5.55. The Morgan fingerprint density at radius 2 is 2.25 bits per heavy atom. The van der Waals surface area contributed by atoms with Crippen LogP contribution in [0.2, 0.25) is 0 Å². The van der Waals surface area contributed by atoms with Crippen LogP contribution in [0.3, 0.4) is 0 Å². The van der Waals surface area contributed by atoms with Crippen molar-refractivity contribution in [1.82, 2.24) is 10.2 Å². The monoisotopic (exact) mass is 224 g/mol. The molecule has 0 radical (unpaired) electrons. The molecule has 2 aliphatic rings. The van der Waals surface area contributed by atoms with E-state index in [1.54, 1.807) is 0 Å². The zero-order chi connectivity index (χ0) is 11.2. The van der Waals surface area contributed by atoms with Crippen molar-refractivity contribution in [3.63, 3.8) is 0 Å².